The largest absolute Gasteiger partial charge is 0.573 e. The average Bonchev–Trinajstić information content (AvgIpc) is 2.97. The lowest BCUT2D eigenvalue weighted by molar-refractivity contribution is -0.274. The molecule has 1 aliphatic heterocycles. The molecule has 0 unspecified atom stereocenters. The van der Waals surface area contributed by atoms with E-state index in [-0.39, 0.29) is 34.4 Å². The van der Waals surface area contributed by atoms with Crippen molar-refractivity contribution in [3.63, 3.8) is 0 Å². The number of sulfonamides is 1. The molecule has 1 aromatic heterocycles. The Kier molecular flexibility index (Phi) is 8.43. The predicted octanol–water partition coefficient (Wildman–Crippen LogP) is 6.03. The molecule has 1 saturated heterocycles. The van der Waals surface area contributed by atoms with Gasteiger partial charge in [0.2, 0.25) is 16.0 Å². The first-order valence-electron chi connectivity index (χ1n) is 13.1. The Labute approximate surface area is 240 Å². The second-order valence-electron chi connectivity index (χ2n) is 9.81. The summed E-state index contributed by atoms with van der Waals surface area (Å²) in [4.78, 5) is 8.70. The molecule has 5 rings (SSSR count). The van der Waals surface area contributed by atoms with E-state index in [0.717, 1.165) is 5.56 Å². The van der Waals surface area contributed by atoms with Crippen LogP contribution in [0.15, 0.2) is 90.0 Å². The first-order valence-corrected chi connectivity index (χ1v) is 14.5. The summed E-state index contributed by atoms with van der Waals surface area (Å²) in [5.41, 5.74) is 8.77. The Morgan fingerprint density at radius 2 is 1.57 bits per heavy atom. The van der Waals surface area contributed by atoms with Gasteiger partial charge in [-0.05, 0) is 91.1 Å². The molecule has 1 aliphatic rings. The number of aromatic nitrogens is 2. The first-order chi connectivity index (χ1) is 20.0. The maximum absolute atomic E-state index is 13.3. The number of benzene rings is 3. The van der Waals surface area contributed by atoms with E-state index in [1.165, 1.54) is 59.0 Å². The van der Waals surface area contributed by atoms with E-state index in [2.05, 4.69) is 20.0 Å². The quantitative estimate of drug-likeness (QED) is 0.238. The lowest BCUT2D eigenvalue weighted by Crippen LogP contribution is -2.40. The summed E-state index contributed by atoms with van der Waals surface area (Å²) in [5.74, 6) is -0.374. The van der Waals surface area contributed by atoms with Gasteiger partial charge >= 0.3 is 6.36 Å². The van der Waals surface area contributed by atoms with Gasteiger partial charge in [0.05, 0.1) is 10.6 Å². The van der Waals surface area contributed by atoms with E-state index in [0.29, 0.717) is 42.9 Å². The number of nitrogens with zero attached hydrogens (tertiary/aromatic N) is 3. The highest BCUT2D eigenvalue weighted by molar-refractivity contribution is 7.89. The predicted molar refractivity (Wildman–Crippen MR) is 149 cm³/mol. The molecule has 8 nitrogen and oxygen atoms in total. The minimum atomic E-state index is -4.78. The molecule has 3 aromatic carbocycles. The van der Waals surface area contributed by atoms with Crippen LogP contribution in [0.2, 0.25) is 0 Å². The summed E-state index contributed by atoms with van der Waals surface area (Å²) in [7, 11) is -3.73. The maximum Gasteiger partial charge on any atom is 0.573 e. The molecule has 0 spiro atoms. The Bertz CT molecular complexity index is 1610. The minimum absolute atomic E-state index is 0.0791. The highest BCUT2D eigenvalue weighted by Gasteiger charge is 2.32. The Balaban J connectivity index is 1.20. The van der Waals surface area contributed by atoms with Gasteiger partial charge in [0, 0.05) is 36.6 Å². The van der Waals surface area contributed by atoms with E-state index in [1.54, 1.807) is 30.3 Å². The van der Waals surface area contributed by atoms with Crippen LogP contribution in [0.25, 0.3) is 11.3 Å². The highest BCUT2D eigenvalue weighted by Crippen LogP contribution is 2.32. The third-order valence-corrected chi connectivity index (χ3v) is 8.96. The summed E-state index contributed by atoms with van der Waals surface area (Å²) in [5, 5.41) is 3.01. The van der Waals surface area contributed by atoms with Gasteiger partial charge in [-0.3, -0.25) is 0 Å². The number of anilines is 2. The zero-order valence-corrected chi connectivity index (χ0v) is 22.9. The molecule has 42 heavy (non-hydrogen) atoms. The Hall–Kier alpha value is -4.07. The molecule has 0 bridgehead atoms. The molecule has 0 amide bonds. The van der Waals surface area contributed by atoms with Gasteiger partial charge in [0.1, 0.15) is 11.6 Å². The fourth-order valence-electron chi connectivity index (χ4n) is 4.83. The second-order valence-corrected chi connectivity index (χ2v) is 11.7. The van der Waals surface area contributed by atoms with Gasteiger partial charge < -0.3 is 15.8 Å². The third-order valence-electron chi connectivity index (χ3n) is 7.05. The lowest BCUT2D eigenvalue weighted by Gasteiger charge is -2.34. The van der Waals surface area contributed by atoms with E-state index in [4.69, 9.17) is 5.73 Å². The van der Waals surface area contributed by atoms with Crippen molar-refractivity contribution in [1.82, 2.24) is 14.3 Å². The maximum atomic E-state index is 13.3. The number of ether oxygens (including phenoxy) is 1. The zero-order valence-electron chi connectivity index (χ0n) is 22.1. The topological polar surface area (TPSA) is 110 Å². The highest BCUT2D eigenvalue weighted by atomic mass is 32.2. The molecule has 0 aliphatic carbocycles. The molecular formula is C29H27F4N5O3S. The molecule has 13 heteroatoms. The lowest BCUT2D eigenvalue weighted by atomic mass is 9.86. The van der Waals surface area contributed by atoms with Crippen molar-refractivity contribution < 1.29 is 30.7 Å². The number of halogens is 4. The number of hydrogen-bond donors (Lipinski definition) is 2. The summed E-state index contributed by atoms with van der Waals surface area (Å²) in [6, 6.07) is 18.9. The zero-order chi connectivity index (χ0) is 29.9. The van der Waals surface area contributed by atoms with Crippen LogP contribution in [-0.4, -0.2) is 42.1 Å². The normalized spacial score (nSPS) is 15.7. The molecule has 1 fully saturated rings. The van der Waals surface area contributed by atoms with Crippen LogP contribution >= 0.6 is 0 Å². The fraction of sp³-hybridized carbons (Fsp3) is 0.241. The number of alkyl halides is 3. The van der Waals surface area contributed by atoms with Crippen LogP contribution in [-0.2, 0) is 10.0 Å². The number of hydrogen-bond acceptors (Lipinski definition) is 7. The smallest absolute Gasteiger partial charge is 0.406 e. The van der Waals surface area contributed by atoms with E-state index < -0.39 is 16.4 Å². The van der Waals surface area contributed by atoms with Crippen molar-refractivity contribution >= 4 is 21.7 Å². The molecule has 3 N–H and O–H groups in total. The van der Waals surface area contributed by atoms with Crippen LogP contribution in [0.4, 0.5) is 29.2 Å². The standard InChI is InChI=1S/C29H27F4N5O3S/c30-22-5-1-20(2-6-22)27(34)21-14-17-38(18-15-21)42(39,40)25-11-7-23(8-12-25)36-28-35-16-13-26(37-28)19-3-9-24(10-4-19)41-29(31,32)33/h1-13,16,21,27H,14-15,17-18,34H2,(H,35,36,37)/t27-/m0/s1. The van der Waals surface area contributed by atoms with Crippen molar-refractivity contribution in [1.29, 1.82) is 0 Å². The molecule has 0 radical (unpaired) electrons. The number of nitrogens with one attached hydrogen (secondary N) is 1. The third kappa shape index (κ3) is 7.04. The second kappa shape index (κ2) is 12.0. The molecule has 0 saturated carbocycles. The number of piperidine rings is 1. The van der Waals surface area contributed by atoms with Crippen molar-refractivity contribution in [3.8, 4) is 17.0 Å². The van der Waals surface area contributed by atoms with Crippen LogP contribution < -0.4 is 15.8 Å². The molecule has 220 valence electrons. The van der Waals surface area contributed by atoms with Gasteiger partial charge in [-0.25, -0.2) is 22.8 Å². The van der Waals surface area contributed by atoms with Crippen LogP contribution in [0.3, 0.4) is 0 Å². The number of rotatable bonds is 8. The minimum Gasteiger partial charge on any atom is -0.406 e. The van der Waals surface area contributed by atoms with Gasteiger partial charge in [0.25, 0.3) is 0 Å². The van der Waals surface area contributed by atoms with E-state index in [9.17, 15) is 26.0 Å². The Morgan fingerprint density at radius 1 is 0.929 bits per heavy atom. The van der Waals surface area contributed by atoms with Crippen molar-refractivity contribution in [3.05, 3.63) is 96.4 Å². The van der Waals surface area contributed by atoms with Crippen molar-refractivity contribution in [2.24, 2.45) is 11.7 Å². The number of nitrogens with two attached hydrogens (primary N) is 1. The summed E-state index contributed by atoms with van der Waals surface area (Å²) in [6.45, 7) is 0.650. The van der Waals surface area contributed by atoms with Gasteiger partial charge in [-0.15, -0.1) is 13.2 Å². The van der Waals surface area contributed by atoms with Crippen molar-refractivity contribution in [2.75, 3.05) is 18.4 Å². The molecule has 1 atom stereocenters. The van der Waals surface area contributed by atoms with E-state index in [1.807, 2.05) is 0 Å². The Morgan fingerprint density at radius 3 is 2.19 bits per heavy atom. The first kappa shape index (κ1) is 29.4. The van der Waals surface area contributed by atoms with Gasteiger partial charge in [-0.1, -0.05) is 12.1 Å². The van der Waals surface area contributed by atoms with Crippen LogP contribution in [0, 0.1) is 11.7 Å². The molecular weight excluding hydrogens is 574 g/mol. The van der Waals surface area contributed by atoms with Crippen LogP contribution in [0.5, 0.6) is 5.75 Å². The van der Waals surface area contributed by atoms with Gasteiger partial charge in [-0.2, -0.15) is 4.31 Å². The summed E-state index contributed by atoms with van der Waals surface area (Å²) in [6.07, 6.45) is -2.11. The SMILES string of the molecule is N[C@@H](c1ccc(F)cc1)C1CCN(S(=O)(=O)c2ccc(Nc3nccc(-c4ccc(OC(F)(F)F)cc4)n3)cc2)CC1. The molecule has 2 heterocycles. The molecule has 4 aromatic rings. The fourth-order valence-corrected chi connectivity index (χ4v) is 6.30. The van der Waals surface area contributed by atoms with Crippen molar-refractivity contribution in [2.45, 2.75) is 30.1 Å². The van der Waals surface area contributed by atoms with E-state index >= 15 is 0 Å². The summed E-state index contributed by atoms with van der Waals surface area (Å²) >= 11 is 0. The van der Waals surface area contributed by atoms with Gasteiger partial charge in [0.15, 0.2) is 0 Å². The average molecular weight is 602 g/mol. The monoisotopic (exact) mass is 601 g/mol. The van der Waals surface area contributed by atoms with Crippen LogP contribution in [0.1, 0.15) is 24.4 Å². The summed E-state index contributed by atoms with van der Waals surface area (Å²) < 4.78 is 82.4.